The van der Waals surface area contributed by atoms with Crippen molar-refractivity contribution in [3.8, 4) is 6.07 Å². The van der Waals surface area contributed by atoms with Crippen molar-refractivity contribution in [1.82, 2.24) is 0 Å². The normalized spacial score (nSPS) is 18.6. The average Bonchev–Trinajstić information content (AvgIpc) is 2.52. The van der Waals surface area contributed by atoms with Gasteiger partial charge in [-0.2, -0.15) is 5.26 Å². The minimum Gasteiger partial charge on any atom is -0.376 e. The number of nitriles is 1. The lowest BCUT2D eigenvalue weighted by Gasteiger charge is -2.34. The molecule has 1 aliphatic heterocycles. The number of anilines is 1. The van der Waals surface area contributed by atoms with Gasteiger partial charge in [-0.15, -0.1) is 0 Å². The predicted molar refractivity (Wildman–Crippen MR) is 78.0 cm³/mol. The van der Waals surface area contributed by atoms with Crippen molar-refractivity contribution in [3.05, 3.63) is 29.3 Å². The minimum atomic E-state index is 0.237. The van der Waals surface area contributed by atoms with Crippen LogP contribution in [0.2, 0.25) is 0 Å². The Morgan fingerprint density at radius 3 is 3.10 bits per heavy atom. The molecule has 0 aromatic heterocycles. The molecule has 0 radical (unpaired) electrons. The number of carbonyl (C=O) groups excluding carboxylic acids is 1. The van der Waals surface area contributed by atoms with Gasteiger partial charge >= 0.3 is 0 Å². The molecule has 0 amide bonds. The maximum atomic E-state index is 10.8. The summed E-state index contributed by atoms with van der Waals surface area (Å²) >= 11 is 0. The Balaban J connectivity index is 2.14. The quantitative estimate of drug-likeness (QED) is 0.773. The summed E-state index contributed by atoms with van der Waals surface area (Å²) < 4.78 is 5.82. The van der Waals surface area contributed by atoms with Crippen LogP contribution in [0, 0.1) is 11.3 Å². The molecule has 0 aliphatic carbocycles. The molecule has 0 bridgehead atoms. The smallest absolute Gasteiger partial charge is 0.150 e. The van der Waals surface area contributed by atoms with E-state index in [4.69, 9.17) is 4.74 Å². The first-order chi connectivity index (χ1) is 9.78. The lowest BCUT2D eigenvalue weighted by Crippen LogP contribution is -2.40. The Hall–Kier alpha value is -1.86. The fourth-order valence-electron chi connectivity index (χ4n) is 2.57. The van der Waals surface area contributed by atoms with Gasteiger partial charge in [0.05, 0.1) is 17.4 Å². The SMILES string of the molecule is CCCOC1CCCN(c2ccc(C=O)cc2C#N)C1. The molecule has 1 unspecified atom stereocenters. The molecule has 2 rings (SSSR count). The van der Waals surface area contributed by atoms with E-state index in [0.717, 1.165) is 50.9 Å². The predicted octanol–water partition coefficient (Wildman–Crippen LogP) is 2.77. The van der Waals surface area contributed by atoms with E-state index in [2.05, 4.69) is 17.9 Å². The van der Waals surface area contributed by atoms with Crippen molar-refractivity contribution >= 4 is 12.0 Å². The van der Waals surface area contributed by atoms with Gasteiger partial charge in [0, 0.05) is 25.3 Å². The second kappa shape index (κ2) is 7.06. The molecule has 0 spiro atoms. The molecule has 20 heavy (non-hydrogen) atoms. The summed E-state index contributed by atoms with van der Waals surface area (Å²) in [6, 6.07) is 7.46. The van der Waals surface area contributed by atoms with E-state index in [1.807, 2.05) is 6.07 Å². The van der Waals surface area contributed by atoms with Gasteiger partial charge in [-0.25, -0.2) is 0 Å². The van der Waals surface area contributed by atoms with E-state index in [-0.39, 0.29) is 6.10 Å². The molecule has 0 N–H and O–H groups in total. The summed E-state index contributed by atoms with van der Waals surface area (Å²) in [6.45, 7) is 4.64. The van der Waals surface area contributed by atoms with Crippen LogP contribution < -0.4 is 4.90 Å². The summed E-state index contributed by atoms with van der Waals surface area (Å²) in [5.74, 6) is 0. The first-order valence-electron chi connectivity index (χ1n) is 7.14. The van der Waals surface area contributed by atoms with E-state index < -0.39 is 0 Å². The molecular weight excluding hydrogens is 252 g/mol. The van der Waals surface area contributed by atoms with Gasteiger partial charge in [0.15, 0.2) is 0 Å². The van der Waals surface area contributed by atoms with Crippen molar-refractivity contribution in [1.29, 1.82) is 5.26 Å². The standard InChI is InChI=1S/C16H20N2O2/c1-2-8-20-15-4-3-7-18(11-15)16-6-5-13(12-19)9-14(16)10-17/h5-6,9,12,15H,2-4,7-8,11H2,1H3. The Kier molecular flexibility index (Phi) is 5.14. The highest BCUT2D eigenvalue weighted by Gasteiger charge is 2.22. The molecule has 1 aromatic carbocycles. The summed E-state index contributed by atoms with van der Waals surface area (Å²) in [7, 11) is 0. The zero-order valence-corrected chi connectivity index (χ0v) is 11.8. The van der Waals surface area contributed by atoms with Gasteiger partial charge in [0.1, 0.15) is 12.4 Å². The first kappa shape index (κ1) is 14.5. The lowest BCUT2D eigenvalue weighted by atomic mass is 10.0. The second-order valence-corrected chi connectivity index (χ2v) is 5.09. The van der Waals surface area contributed by atoms with Crippen LogP contribution in [0.1, 0.15) is 42.1 Å². The molecular formula is C16H20N2O2. The molecule has 1 atom stereocenters. The van der Waals surface area contributed by atoms with E-state index in [1.165, 1.54) is 0 Å². The van der Waals surface area contributed by atoms with Crippen LogP contribution in [0.3, 0.4) is 0 Å². The van der Waals surface area contributed by atoms with Crippen LogP contribution >= 0.6 is 0 Å². The zero-order chi connectivity index (χ0) is 14.4. The number of piperidine rings is 1. The van der Waals surface area contributed by atoms with E-state index in [9.17, 15) is 10.1 Å². The highest BCUT2D eigenvalue weighted by molar-refractivity contribution is 5.78. The molecule has 1 heterocycles. The van der Waals surface area contributed by atoms with Crippen LogP contribution in [0.25, 0.3) is 0 Å². The van der Waals surface area contributed by atoms with Crippen LogP contribution in [0.15, 0.2) is 18.2 Å². The monoisotopic (exact) mass is 272 g/mol. The zero-order valence-electron chi connectivity index (χ0n) is 11.8. The number of benzene rings is 1. The number of hydrogen-bond donors (Lipinski definition) is 0. The molecule has 1 aromatic rings. The van der Waals surface area contributed by atoms with E-state index in [0.29, 0.717) is 11.1 Å². The van der Waals surface area contributed by atoms with Crippen LogP contribution in [-0.4, -0.2) is 32.1 Å². The Morgan fingerprint density at radius 2 is 2.40 bits per heavy atom. The highest BCUT2D eigenvalue weighted by atomic mass is 16.5. The lowest BCUT2D eigenvalue weighted by molar-refractivity contribution is 0.0440. The summed E-state index contributed by atoms with van der Waals surface area (Å²) in [5.41, 5.74) is 2.01. The third kappa shape index (κ3) is 3.37. The Labute approximate surface area is 120 Å². The van der Waals surface area contributed by atoms with Gasteiger partial charge in [0.25, 0.3) is 0 Å². The number of rotatable bonds is 5. The third-order valence-corrected chi connectivity index (χ3v) is 3.55. The molecule has 1 saturated heterocycles. The second-order valence-electron chi connectivity index (χ2n) is 5.09. The van der Waals surface area contributed by atoms with E-state index >= 15 is 0 Å². The van der Waals surface area contributed by atoms with Gasteiger partial charge in [-0.05, 0) is 37.5 Å². The van der Waals surface area contributed by atoms with E-state index in [1.54, 1.807) is 12.1 Å². The van der Waals surface area contributed by atoms with Gasteiger partial charge in [-0.1, -0.05) is 6.92 Å². The fourth-order valence-corrected chi connectivity index (χ4v) is 2.57. The van der Waals surface area contributed by atoms with Gasteiger partial charge < -0.3 is 9.64 Å². The third-order valence-electron chi connectivity index (χ3n) is 3.55. The molecule has 106 valence electrons. The Bertz CT molecular complexity index is 508. The van der Waals surface area contributed by atoms with Crippen LogP contribution in [0.4, 0.5) is 5.69 Å². The van der Waals surface area contributed by atoms with Crippen molar-refractivity contribution < 1.29 is 9.53 Å². The largest absolute Gasteiger partial charge is 0.376 e. The van der Waals surface area contributed by atoms with Crippen LogP contribution in [-0.2, 0) is 4.74 Å². The van der Waals surface area contributed by atoms with Crippen molar-refractivity contribution in [3.63, 3.8) is 0 Å². The average molecular weight is 272 g/mol. The summed E-state index contributed by atoms with van der Waals surface area (Å²) in [5, 5.41) is 9.25. The number of carbonyl (C=O) groups is 1. The summed E-state index contributed by atoms with van der Waals surface area (Å²) in [4.78, 5) is 13.0. The molecule has 4 nitrogen and oxygen atoms in total. The number of ether oxygens (including phenoxy) is 1. The molecule has 0 saturated carbocycles. The highest BCUT2D eigenvalue weighted by Crippen LogP contribution is 2.25. The van der Waals surface area contributed by atoms with Crippen LogP contribution in [0.5, 0.6) is 0 Å². The number of aldehydes is 1. The molecule has 1 fully saturated rings. The first-order valence-corrected chi connectivity index (χ1v) is 7.14. The number of hydrogen-bond acceptors (Lipinski definition) is 4. The van der Waals surface area contributed by atoms with Gasteiger partial charge in [-0.3, -0.25) is 4.79 Å². The number of nitrogens with zero attached hydrogens (tertiary/aromatic N) is 2. The molecule has 1 aliphatic rings. The van der Waals surface area contributed by atoms with Gasteiger partial charge in [0.2, 0.25) is 0 Å². The van der Waals surface area contributed by atoms with Crippen molar-refractivity contribution in [2.75, 3.05) is 24.6 Å². The maximum absolute atomic E-state index is 10.8. The molecule has 4 heteroatoms. The fraction of sp³-hybridized carbons (Fsp3) is 0.500. The van der Waals surface area contributed by atoms with Crippen molar-refractivity contribution in [2.45, 2.75) is 32.3 Å². The van der Waals surface area contributed by atoms with Crippen molar-refractivity contribution in [2.24, 2.45) is 0 Å². The maximum Gasteiger partial charge on any atom is 0.150 e. The minimum absolute atomic E-state index is 0.237. The Morgan fingerprint density at radius 1 is 1.55 bits per heavy atom. The summed E-state index contributed by atoms with van der Waals surface area (Å²) in [6.07, 6.45) is 4.17. The topological polar surface area (TPSA) is 53.3 Å².